The minimum absolute atomic E-state index is 0.0296. The molecular formula is C14H19N. The van der Waals surface area contributed by atoms with Crippen LogP contribution in [0.25, 0.3) is 0 Å². The zero-order chi connectivity index (χ0) is 10.5. The molecule has 0 amide bonds. The molecule has 0 spiro atoms. The van der Waals surface area contributed by atoms with Crippen LogP contribution in [0, 0.1) is 18.8 Å². The largest absolute Gasteiger partial charge is 0.321 e. The van der Waals surface area contributed by atoms with E-state index in [9.17, 15) is 0 Å². The Morgan fingerprint density at radius 3 is 2.33 bits per heavy atom. The second-order valence-electron chi connectivity index (χ2n) is 5.25. The Balaban J connectivity index is 1.98. The van der Waals surface area contributed by atoms with Crippen molar-refractivity contribution < 1.29 is 0 Å². The number of benzene rings is 1. The minimum Gasteiger partial charge on any atom is -0.321 e. The molecule has 0 bridgehead atoms. The highest BCUT2D eigenvalue weighted by atomic mass is 14.9. The van der Waals surface area contributed by atoms with E-state index in [-0.39, 0.29) is 5.54 Å². The highest BCUT2D eigenvalue weighted by Gasteiger charge is 2.62. The summed E-state index contributed by atoms with van der Waals surface area (Å²) in [6.07, 6.45) is 5.45. The first-order chi connectivity index (χ1) is 7.24. The Labute approximate surface area is 91.7 Å². The van der Waals surface area contributed by atoms with Crippen molar-refractivity contribution in [2.45, 2.75) is 38.1 Å². The van der Waals surface area contributed by atoms with Gasteiger partial charge in [0.15, 0.2) is 0 Å². The quantitative estimate of drug-likeness (QED) is 0.742. The summed E-state index contributed by atoms with van der Waals surface area (Å²) in [5, 5.41) is 0. The fraction of sp³-hybridized carbons (Fsp3) is 0.571. The third-order valence-electron chi connectivity index (χ3n) is 4.50. The van der Waals surface area contributed by atoms with E-state index in [0.29, 0.717) is 0 Å². The molecule has 0 heterocycles. The summed E-state index contributed by atoms with van der Waals surface area (Å²) >= 11 is 0. The molecule has 0 aliphatic heterocycles. The average molecular weight is 201 g/mol. The molecule has 1 nitrogen and oxygen atoms in total. The van der Waals surface area contributed by atoms with Crippen LogP contribution in [0.2, 0.25) is 0 Å². The molecule has 2 aliphatic carbocycles. The number of nitrogens with two attached hydrogens (primary N) is 1. The second kappa shape index (κ2) is 3.08. The van der Waals surface area contributed by atoms with E-state index in [0.717, 1.165) is 11.8 Å². The van der Waals surface area contributed by atoms with E-state index in [4.69, 9.17) is 5.73 Å². The van der Waals surface area contributed by atoms with Crippen molar-refractivity contribution in [1.82, 2.24) is 0 Å². The summed E-state index contributed by atoms with van der Waals surface area (Å²) in [6, 6.07) is 8.65. The summed E-state index contributed by atoms with van der Waals surface area (Å²) in [5.41, 5.74) is 9.42. The number of aryl methyl sites for hydroxylation is 1. The van der Waals surface area contributed by atoms with Crippen molar-refractivity contribution in [1.29, 1.82) is 0 Å². The van der Waals surface area contributed by atoms with Crippen LogP contribution in [0.1, 0.15) is 36.8 Å². The zero-order valence-corrected chi connectivity index (χ0v) is 9.37. The summed E-state index contributed by atoms with van der Waals surface area (Å²) in [6.45, 7) is 2.19. The van der Waals surface area contributed by atoms with E-state index >= 15 is 0 Å². The van der Waals surface area contributed by atoms with Gasteiger partial charge in [0.25, 0.3) is 0 Å². The third kappa shape index (κ3) is 1.19. The zero-order valence-electron chi connectivity index (χ0n) is 9.37. The van der Waals surface area contributed by atoms with Crippen LogP contribution in [-0.4, -0.2) is 0 Å². The highest BCUT2D eigenvalue weighted by molar-refractivity contribution is 5.40. The maximum absolute atomic E-state index is 6.62. The molecule has 2 saturated carbocycles. The summed E-state index contributed by atoms with van der Waals surface area (Å²) in [7, 11) is 0. The SMILES string of the molecule is Cc1ccccc1C1(N)C2CCCCC21. The second-order valence-corrected chi connectivity index (χ2v) is 5.25. The Morgan fingerprint density at radius 2 is 1.73 bits per heavy atom. The molecule has 80 valence electrons. The van der Waals surface area contributed by atoms with Crippen LogP contribution >= 0.6 is 0 Å². The molecule has 1 aromatic rings. The van der Waals surface area contributed by atoms with Crippen molar-refractivity contribution in [2.75, 3.05) is 0 Å². The summed E-state index contributed by atoms with van der Waals surface area (Å²) < 4.78 is 0. The normalized spacial score (nSPS) is 38.5. The van der Waals surface area contributed by atoms with Crippen molar-refractivity contribution in [2.24, 2.45) is 17.6 Å². The van der Waals surface area contributed by atoms with Gasteiger partial charge in [-0.2, -0.15) is 0 Å². The fourth-order valence-electron chi connectivity index (χ4n) is 3.63. The predicted molar refractivity (Wildman–Crippen MR) is 62.5 cm³/mol. The summed E-state index contributed by atoms with van der Waals surface area (Å²) in [5.74, 6) is 1.54. The van der Waals surface area contributed by atoms with E-state index in [1.54, 1.807) is 0 Å². The van der Waals surface area contributed by atoms with Crippen LogP contribution in [0.4, 0.5) is 0 Å². The van der Waals surface area contributed by atoms with Crippen LogP contribution < -0.4 is 5.73 Å². The molecule has 0 radical (unpaired) electrons. The average Bonchev–Trinajstić information content (AvgIpc) is 2.87. The molecule has 2 atom stereocenters. The van der Waals surface area contributed by atoms with Gasteiger partial charge < -0.3 is 5.73 Å². The number of hydrogen-bond donors (Lipinski definition) is 1. The van der Waals surface area contributed by atoms with Gasteiger partial charge in [0.2, 0.25) is 0 Å². The van der Waals surface area contributed by atoms with Gasteiger partial charge in [0.05, 0.1) is 0 Å². The molecule has 1 aromatic carbocycles. The molecule has 2 N–H and O–H groups in total. The number of hydrogen-bond acceptors (Lipinski definition) is 1. The van der Waals surface area contributed by atoms with Crippen LogP contribution in [0.3, 0.4) is 0 Å². The van der Waals surface area contributed by atoms with Crippen molar-refractivity contribution >= 4 is 0 Å². The van der Waals surface area contributed by atoms with Gasteiger partial charge in [0, 0.05) is 5.54 Å². The Bertz CT molecular complexity index is 371. The number of fused-ring (bicyclic) bond motifs is 1. The summed E-state index contributed by atoms with van der Waals surface area (Å²) in [4.78, 5) is 0. The van der Waals surface area contributed by atoms with Gasteiger partial charge >= 0.3 is 0 Å². The Kier molecular flexibility index (Phi) is 1.93. The maximum atomic E-state index is 6.62. The lowest BCUT2D eigenvalue weighted by Gasteiger charge is -2.15. The molecule has 0 aromatic heterocycles. The fourth-order valence-corrected chi connectivity index (χ4v) is 3.63. The lowest BCUT2D eigenvalue weighted by molar-refractivity contribution is 0.480. The van der Waals surface area contributed by atoms with Gasteiger partial charge in [-0.15, -0.1) is 0 Å². The van der Waals surface area contributed by atoms with Crippen molar-refractivity contribution in [3.63, 3.8) is 0 Å². The van der Waals surface area contributed by atoms with Crippen LogP contribution in [0.5, 0.6) is 0 Å². The monoisotopic (exact) mass is 201 g/mol. The van der Waals surface area contributed by atoms with Gasteiger partial charge in [0.1, 0.15) is 0 Å². The smallest absolute Gasteiger partial charge is 0.0476 e. The van der Waals surface area contributed by atoms with Crippen molar-refractivity contribution in [3.8, 4) is 0 Å². The van der Waals surface area contributed by atoms with Crippen molar-refractivity contribution in [3.05, 3.63) is 35.4 Å². The standard InChI is InChI=1S/C14H19N/c1-10-6-2-3-7-11(10)14(15)12-8-4-5-9-13(12)14/h2-3,6-7,12-13H,4-5,8-9,15H2,1H3. The predicted octanol–water partition coefficient (Wildman–Crippen LogP) is 2.97. The first-order valence-electron chi connectivity index (χ1n) is 6.09. The maximum Gasteiger partial charge on any atom is 0.0476 e. The molecule has 3 rings (SSSR count). The first kappa shape index (κ1) is 9.41. The molecule has 2 fully saturated rings. The minimum atomic E-state index is 0.0296. The molecule has 1 heteroatoms. The van der Waals surface area contributed by atoms with E-state index < -0.39 is 0 Å². The van der Waals surface area contributed by atoms with E-state index in [1.165, 1.54) is 36.8 Å². The highest BCUT2D eigenvalue weighted by Crippen LogP contribution is 2.63. The lowest BCUT2D eigenvalue weighted by Crippen LogP contribution is -2.24. The molecule has 15 heavy (non-hydrogen) atoms. The molecular weight excluding hydrogens is 182 g/mol. The molecule has 2 unspecified atom stereocenters. The Morgan fingerprint density at radius 1 is 1.13 bits per heavy atom. The first-order valence-corrected chi connectivity index (χ1v) is 6.09. The van der Waals surface area contributed by atoms with Gasteiger partial charge in [-0.25, -0.2) is 0 Å². The lowest BCUT2D eigenvalue weighted by atomic mass is 9.96. The topological polar surface area (TPSA) is 26.0 Å². The van der Waals surface area contributed by atoms with E-state index in [1.807, 2.05) is 0 Å². The number of rotatable bonds is 1. The Hall–Kier alpha value is -0.820. The van der Waals surface area contributed by atoms with Crippen LogP contribution in [-0.2, 0) is 5.54 Å². The molecule has 0 saturated heterocycles. The van der Waals surface area contributed by atoms with Gasteiger partial charge in [-0.1, -0.05) is 37.1 Å². The van der Waals surface area contributed by atoms with E-state index in [2.05, 4.69) is 31.2 Å². The molecule has 2 aliphatic rings. The van der Waals surface area contributed by atoms with Gasteiger partial charge in [-0.05, 0) is 42.7 Å². The van der Waals surface area contributed by atoms with Crippen LogP contribution in [0.15, 0.2) is 24.3 Å². The third-order valence-corrected chi connectivity index (χ3v) is 4.50. The van der Waals surface area contributed by atoms with Gasteiger partial charge in [-0.3, -0.25) is 0 Å².